The molecule has 2 unspecified atom stereocenters. The van der Waals surface area contributed by atoms with Gasteiger partial charge in [-0.15, -0.1) is 11.8 Å². The molecule has 0 aromatic heterocycles. The summed E-state index contributed by atoms with van der Waals surface area (Å²) < 4.78 is 0. The molecule has 1 aromatic carbocycles. The summed E-state index contributed by atoms with van der Waals surface area (Å²) in [5.41, 5.74) is 1.35. The van der Waals surface area contributed by atoms with Gasteiger partial charge >= 0.3 is 5.97 Å². The first-order valence-electron chi connectivity index (χ1n) is 6.80. The number of benzene rings is 1. The number of carbonyl (C=O) groups is 1. The van der Waals surface area contributed by atoms with Crippen LogP contribution in [0.1, 0.15) is 37.6 Å². The van der Waals surface area contributed by atoms with Crippen LogP contribution in [-0.4, -0.2) is 29.4 Å². The number of nitrogens with zero attached hydrogens (tertiary/aromatic N) is 1. The van der Waals surface area contributed by atoms with Crippen LogP contribution >= 0.6 is 11.8 Å². The van der Waals surface area contributed by atoms with Crippen LogP contribution in [0.4, 0.5) is 5.69 Å². The average molecular weight is 279 g/mol. The van der Waals surface area contributed by atoms with Gasteiger partial charge in [-0.1, -0.05) is 19.9 Å². The molecule has 19 heavy (non-hydrogen) atoms. The molecule has 1 heterocycles. The highest BCUT2D eigenvalue weighted by atomic mass is 32.2. The van der Waals surface area contributed by atoms with Crippen molar-refractivity contribution in [2.45, 2.75) is 38.1 Å². The van der Waals surface area contributed by atoms with Crippen LogP contribution in [0.3, 0.4) is 0 Å². The van der Waals surface area contributed by atoms with Gasteiger partial charge in [-0.25, -0.2) is 4.79 Å². The highest BCUT2D eigenvalue weighted by Gasteiger charge is 2.29. The number of rotatable bonds is 4. The second kappa shape index (κ2) is 5.87. The van der Waals surface area contributed by atoms with E-state index >= 15 is 0 Å². The van der Waals surface area contributed by atoms with E-state index in [1.807, 2.05) is 25.1 Å². The molecule has 1 aromatic rings. The van der Waals surface area contributed by atoms with Crippen LogP contribution in [0, 0.1) is 5.92 Å². The standard InChI is InChI=1S/C15H21NO2S/c1-4-19-13-7-5-6-12(14(13)15(17)18)16-9-10(2)8-11(16)3/h5-7,10-11H,4,8-9H2,1-3H3,(H,17,18). The van der Waals surface area contributed by atoms with Crippen molar-refractivity contribution in [3.8, 4) is 0 Å². The summed E-state index contributed by atoms with van der Waals surface area (Å²) in [5, 5.41) is 9.55. The molecule has 1 N–H and O–H groups in total. The molecule has 4 heteroatoms. The summed E-state index contributed by atoms with van der Waals surface area (Å²) in [5.74, 6) is 0.688. The lowest BCUT2D eigenvalue weighted by molar-refractivity contribution is 0.0694. The van der Waals surface area contributed by atoms with Crippen molar-refractivity contribution in [3.05, 3.63) is 23.8 Å². The predicted molar refractivity (Wildman–Crippen MR) is 80.4 cm³/mol. The van der Waals surface area contributed by atoms with Crippen molar-refractivity contribution in [1.29, 1.82) is 0 Å². The fourth-order valence-corrected chi connectivity index (χ4v) is 3.71. The average Bonchev–Trinajstić information content (AvgIpc) is 2.68. The minimum Gasteiger partial charge on any atom is -0.478 e. The maximum atomic E-state index is 11.6. The highest BCUT2D eigenvalue weighted by molar-refractivity contribution is 7.99. The Morgan fingerprint density at radius 1 is 1.47 bits per heavy atom. The fraction of sp³-hybridized carbons (Fsp3) is 0.533. The van der Waals surface area contributed by atoms with Crippen molar-refractivity contribution < 1.29 is 9.90 Å². The third-order valence-electron chi connectivity index (χ3n) is 3.61. The van der Waals surface area contributed by atoms with Gasteiger partial charge in [0.2, 0.25) is 0 Å². The number of thioether (sulfide) groups is 1. The first-order chi connectivity index (χ1) is 9.04. The van der Waals surface area contributed by atoms with Crippen molar-refractivity contribution in [2.75, 3.05) is 17.2 Å². The zero-order valence-corrected chi connectivity index (χ0v) is 12.5. The highest BCUT2D eigenvalue weighted by Crippen LogP contribution is 2.35. The molecule has 0 saturated carbocycles. The minimum absolute atomic E-state index is 0.412. The summed E-state index contributed by atoms with van der Waals surface area (Å²) in [6.45, 7) is 7.39. The molecule has 1 fully saturated rings. The maximum absolute atomic E-state index is 11.6. The first-order valence-corrected chi connectivity index (χ1v) is 7.78. The molecule has 1 aliphatic heterocycles. The molecule has 104 valence electrons. The molecular weight excluding hydrogens is 258 g/mol. The Labute approximate surface area is 119 Å². The molecule has 0 aliphatic carbocycles. The van der Waals surface area contributed by atoms with Gasteiger partial charge in [0, 0.05) is 17.5 Å². The van der Waals surface area contributed by atoms with E-state index in [-0.39, 0.29) is 0 Å². The zero-order valence-electron chi connectivity index (χ0n) is 11.7. The van der Waals surface area contributed by atoms with E-state index in [0.29, 0.717) is 17.5 Å². The van der Waals surface area contributed by atoms with Gasteiger partial charge in [-0.3, -0.25) is 0 Å². The SMILES string of the molecule is CCSc1cccc(N2CC(C)CC2C)c1C(=O)O. The van der Waals surface area contributed by atoms with Gasteiger partial charge < -0.3 is 10.0 Å². The van der Waals surface area contributed by atoms with Crippen LogP contribution in [0.2, 0.25) is 0 Å². The first kappa shape index (κ1) is 14.3. The zero-order chi connectivity index (χ0) is 14.0. The van der Waals surface area contributed by atoms with Crippen LogP contribution in [0.25, 0.3) is 0 Å². The number of carboxylic acid groups (broad SMARTS) is 1. The van der Waals surface area contributed by atoms with E-state index in [4.69, 9.17) is 0 Å². The van der Waals surface area contributed by atoms with E-state index in [1.54, 1.807) is 11.8 Å². The van der Waals surface area contributed by atoms with Crippen molar-refractivity contribution in [3.63, 3.8) is 0 Å². The summed E-state index contributed by atoms with van der Waals surface area (Å²) >= 11 is 1.60. The molecule has 2 atom stereocenters. The van der Waals surface area contributed by atoms with Crippen LogP contribution < -0.4 is 4.90 Å². The number of aromatic carboxylic acids is 1. The summed E-state index contributed by atoms with van der Waals surface area (Å²) in [6.07, 6.45) is 1.13. The minimum atomic E-state index is -0.821. The predicted octanol–water partition coefficient (Wildman–Crippen LogP) is 3.73. The molecule has 0 amide bonds. The smallest absolute Gasteiger partial charge is 0.338 e. The lowest BCUT2D eigenvalue weighted by Crippen LogP contribution is -2.28. The summed E-state index contributed by atoms with van der Waals surface area (Å²) in [6, 6.07) is 6.23. The lowest BCUT2D eigenvalue weighted by Gasteiger charge is -2.26. The lowest BCUT2D eigenvalue weighted by atomic mass is 10.1. The topological polar surface area (TPSA) is 40.5 Å². The number of anilines is 1. The van der Waals surface area contributed by atoms with Crippen molar-refractivity contribution >= 4 is 23.4 Å². The Bertz CT molecular complexity index is 475. The second-order valence-corrected chi connectivity index (χ2v) is 6.54. The molecule has 0 radical (unpaired) electrons. The number of carboxylic acids is 1. The second-order valence-electron chi connectivity index (χ2n) is 5.23. The van der Waals surface area contributed by atoms with Gasteiger partial charge in [-0.2, -0.15) is 0 Å². The Hall–Kier alpha value is -1.16. The molecule has 0 bridgehead atoms. The van der Waals surface area contributed by atoms with Crippen LogP contribution in [0.5, 0.6) is 0 Å². The Morgan fingerprint density at radius 3 is 2.74 bits per heavy atom. The van der Waals surface area contributed by atoms with Gasteiger partial charge in [0.25, 0.3) is 0 Å². The van der Waals surface area contributed by atoms with Crippen molar-refractivity contribution in [1.82, 2.24) is 0 Å². The summed E-state index contributed by atoms with van der Waals surface area (Å²) in [4.78, 5) is 14.7. The van der Waals surface area contributed by atoms with Crippen LogP contribution in [0.15, 0.2) is 23.1 Å². The summed E-state index contributed by atoms with van der Waals surface area (Å²) in [7, 11) is 0. The van der Waals surface area contributed by atoms with Crippen LogP contribution in [-0.2, 0) is 0 Å². The van der Waals surface area contributed by atoms with Gasteiger partial charge in [-0.05, 0) is 37.1 Å². The fourth-order valence-electron chi connectivity index (χ4n) is 2.89. The molecule has 3 nitrogen and oxygen atoms in total. The third kappa shape index (κ3) is 2.89. The van der Waals surface area contributed by atoms with E-state index in [1.165, 1.54) is 0 Å². The Balaban J connectivity index is 2.44. The molecular formula is C15H21NO2S. The quantitative estimate of drug-likeness (QED) is 0.853. The number of hydrogen-bond acceptors (Lipinski definition) is 3. The monoisotopic (exact) mass is 279 g/mol. The molecule has 2 rings (SSSR count). The van der Waals surface area contributed by atoms with Gasteiger partial charge in [0.1, 0.15) is 0 Å². The van der Waals surface area contributed by atoms with E-state index < -0.39 is 5.97 Å². The Kier molecular flexibility index (Phi) is 4.40. The van der Waals surface area contributed by atoms with E-state index in [0.717, 1.165) is 29.3 Å². The normalized spacial score (nSPS) is 22.8. The van der Waals surface area contributed by atoms with Gasteiger partial charge in [0.15, 0.2) is 0 Å². The third-order valence-corrected chi connectivity index (χ3v) is 4.55. The Morgan fingerprint density at radius 2 is 2.21 bits per heavy atom. The molecule has 1 aliphatic rings. The van der Waals surface area contributed by atoms with E-state index in [9.17, 15) is 9.90 Å². The molecule has 1 saturated heterocycles. The number of hydrogen-bond donors (Lipinski definition) is 1. The maximum Gasteiger partial charge on any atom is 0.338 e. The van der Waals surface area contributed by atoms with E-state index in [2.05, 4.69) is 18.7 Å². The van der Waals surface area contributed by atoms with Gasteiger partial charge in [0.05, 0.1) is 11.3 Å². The van der Waals surface area contributed by atoms with Crippen molar-refractivity contribution in [2.24, 2.45) is 5.92 Å². The molecule has 0 spiro atoms. The largest absolute Gasteiger partial charge is 0.478 e.